The largest absolute Gasteiger partial charge is 0.355 e. The number of carbonyl (C=O) groups excluding carboxylic acids is 1. The summed E-state index contributed by atoms with van der Waals surface area (Å²) < 4.78 is 0. The maximum atomic E-state index is 11.2. The number of rotatable bonds is 3. The molecule has 0 aliphatic rings. The SMILES string of the molecule is CCCc1c(C=O)ccc2[nH]c3ccccc3c12. The second kappa shape index (κ2) is 4.30. The maximum Gasteiger partial charge on any atom is 0.150 e. The molecule has 0 spiro atoms. The average Bonchev–Trinajstić information content (AvgIpc) is 2.78. The Kier molecular flexibility index (Phi) is 2.63. The molecule has 0 unspecified atom stereocenters. The van der Waals surface area contributed by atoms with Crippen molar-refractivity contribution in [3.8, 4) is 0 Å². The molecule has 1 heterocycles. The van der Waals surface area contributed by atoms with Gasteiger partial charge in [0.05, 0.1) is 0 Å². The molecule has 0 fully saturated rings. The lowest BCUT2D eigenvalue weighted by molar-refractivity contribution is 0.112. The van der Waals surface area contributed by atoms with Gasteiger partial charge in [0.15, 0.2) is 0 Å². The Balaban J connectivity index is 2.47. The third kappa shape index (κ3) is 1.53. The molecule has 0 aliphatic carbocycles. The van der Waals surface area contributed by atoms with E-state index >= 15 is 0 Å². The lowest BCUT2D eigenvalue weighted by atomic mass is 9.97. The van der Waals surface area contributed by atoms with E-state index in [9.17, 15) is 4.79 Å². The average molecular weight is 237 g/mol. The summed E-state index contributed by atoms with van der Waals surface area (Å²) in [6, 6.07) is 12.2. The van der Waals surface area contributed by atoms with Crippen LogP contribution < -0.4 is 0 Å². The Hall–Kier alpha value is -2.09. The fraction of sp³-hybridized carbons (Fsp3) is 0.188. The van der Waals surface area contributed by atoms with Gasteiger partial charge in [0.1, 0.15) is 6.29 Å². The summed E-state index contributed by atoms with van der Waals surface area (Å²) in [5.74, 6) is 0. The third-order valence-corrected chi connectivity index (χ3v) is 3.44. The Morgan fingerprint density at radius 3 is 2.72 bits per heavy atom. The minimum absolute atomic E-state index is 0.814. The molecule has 1 N–H and O–H groups in total. The molecule has 3 aromatic rings. The number of para-hydroxylation sites is 1. The standard InChI is InChI=1S/C16H15NO/c1-2-5-12-11(10-18)8-9-15-16(12)13-6-3-4-7-14(13)17-15/h3-4,6-10,17H,2,5H2,1H3. The molecule has 0 saturated carbocycles. The topological polar surface area (TPSA) is 32.9 Å². The lowest BCUT2D eigenvalue weighted by Gasteiger charge is -2.05. The van der Waals surface area contributed by atoms with Gasteiger partial charge in [0.25, 0.3) is 0 Å². The zero-order chi connectivity index (χ0) is 12.5. The van der Waals surface area contributed by atoms with Gasteiger partial charge in [-0.3, -0.25) is 4.79 Å². The first kappa shape index (κ1) is 11.0. The fourth-order valence-corrected chi connectivity index (χ4v) is 2.66. The highest BCUT2D eigenvalue weighted by molar-refractivity contribution is 6.10. The monoisotopic (exact) mass is 237 g/mol. The quantitative estimate of drug-likeness (QED) is 0.684. The van der Waals surface area contributed by atoms with Gasteiger partial charge in [-0.05, 0) is 30.2 Å². The van der Waals surface area contributed by atoms with E-state index < -0.39 is 0 Å². The number of aromatic nitrogens is 1. The molecule has 1 aromatic heterocycles. The summed E-state index contributed by atoms with van der Waals surface area (Å²) in [6.07, 6.45) is 2.94. The summed E-state index contributed by atoms with van der Waals surface area (Å²) >= 11 is 0. The van der Waals surface area contributed by atoms with Crippen LogP contribution in [-0.2, 0) is 6.42 Å². The highest BCUT2D eigenvalue weighted by atomic mass is 16.1. The second-order valence-electron chi connectivity index (χ2n) is 4.59. The van der Waals surface area contributed by atoms with Crippen LogP contribution in [-0.4, -0.2) is 11.3 Å². The number of hydrogen-bond donors (Lipinski definition) is 1. The molecule has 18 heavy (non-hydrogen) atoms. The smallest absolute Gasteiger partial charge is 0.150 e. The van der Waals surface area contributed by atoms with Crippen LogP contribution in [0, 0.1) is 0 Å². The summed E-state index contributed by atoms with van der Waals surface area (Å²) in [5, 5.41) is 2.41. The number of hydrogen-bond acceptors (Lipinski definition) is 1. The highest BCUT2D eigenvalue weighted by Crippen LogP contribution is 2.30. The minimum atomic E-state index is 0.814. The van der Waals surface area contributed by atoms with E-state index in [4.69, 9.17) is 0 Å². The number of aryl methyl sites for hydroxylation is 1. The summed E-state index contributed by atoms with van der Waals surface area (Å²) in [7, 11) is 0. The van der Waals surface area contributed by atoms with E-state index in [0.29, 0.717) is 0 Å². The number of fused-ring (bicyclic) bond motifs is 3. The zero-order valence-corrected chi connectivity index (χ0v) is 10.4. The molecule has 0 amide bonds. The molecule has 0 atom stereocenters. The van der Waals surface area contributed by atoms with Crippen LogP contribution in [0.3, 0.4) is 0 Å². The molecule has 0 bridgehead atoms. The van der Waals surface area contributed by atoms with Gasteiger partial charge >= 0.3 is 0 Å². The number of H-pyrrole nitrogens is 1. The van der Waals surface area contributed by atoms with Crippen molar-refractivity contribution in [2.75, 3.05) is 0 Å². The molecule has 0 aliphatic heterocycles. The summed E-state index contributed by atoms with van der Waals surface area (Å²) in [5.41, 5.74) is 4.23. The Morgan fingerprint density at radius 1 is 1.11 bits per heavy atom. The molecular weight excluding hydrogens is 222 g/mol. The van der Waals surface area contributed by atoms with Crippen LogP contribution in [0.2, 0.25) is 0 Å². The van der Waals surface area contributed by atoms with Crippen LogP contribution in [0.1, 0.15) is 29.3 Å². The third-order valence-electron chi connectivity index (χ3n) is 3.44. The van der Waals surface area contributed by atoms with Crippen LogP contribution in [0.25, 0.3) is 21.8 Å². The van der Waals surface area contributed by atoms with Gasteiger partial charge in [-0.2, -0.15) is 0 Å². The molecule has 0 saturated heterocycles. The predicted molar refractivity (Wildman–Crippen MR) is 75.2 cm³/mol. The number of aldehydes is 1. The Morgan fingerprint density at radius 2 is 1.94 bits per heavy atom. The van der Waals surface area contributed by atoms with Gasteiger partial charge in [-0.1, -0.05) is 31.5 Å². The van der Waals surface area contributed by atoms with E-state index in [1.807, 2.05) is 24.3 Å². The first-order chi connectivity index (χ1) is 8.85. The first-order valence-electron chi connectivity index (χ1n) is 6.32. The second-order valence-corrected chi connectivity index (χ2v) is 4.59. The molecule has 2 aromatic carbocycles. The molecule has 2 nitrogen and oxygen atoms in total. The van der Waals surface area contributed by atoms with E-state index in [0.717, 1.165) is 35.7 Å². The molecule has 90 valence electrons. The number of aromatic amines is 1. The van der Waals surface area contributed by atoms with Crippen molar-refractivity contribution in [1.29, 1.82) is 0 Å². The van der Waals surface area contributed by atoms with Crippen molar-refractivity contribution in [2.45, 2.75) is 19.8 Å². The maximum absolute atomic E-state index is 11.2. The summed E-state index contributed by atoms with van der Waals surface area (Å²) in [6.45, 7) is 2.14. The molecule has 0 radical (unpaired) electrons. The van der Waals surface area contributed by atoms with Crippen LogP contribution in [0.5, 0.6) is 0 Å². The van der Waals surface area contributed by atoms with Crippen molar-refractivity contribution in [3.05, 3.63) is 47.5 Å². The predicted octanol–water partition coefficient (Wildman–Crippen LogP) is 4.09. The van der Waals surface area contributed by atoms with Gasteiger partial charge < -0.3 is 4.98 Å². The van der Waals surface area contributed by atoms with Crippen molar-refractivity contribution in [2.24, 2.45) is 0 Å². The Labute approximate surface area is 106 Å². The van der Waals surface area contributed by atoms with Crippen LogP contribution in [0.4, 0.5) is 0 Å². The van der Waals surface area contributed by atoms with Gasteiger partial charge in [-0.25, -0.2) is 0 Å². The van der Waals surface area contributed by atoms with Gasteiger partial charge in [0, 0.05) is 27.4 Å². The molecular formula is C16H15NO. The van der Waals surface area contributed by atoms with Crippen LogP contribution >= 0.6 is 0 Å². The number of carbonyl (C=O) groups is 1. The van der Waals surface area contributed by atoms with E-state index in [1.165, 1.54) is 16.3 Å². The van der Waals surface area contributed by atoms with E-state index in [2.05, 4.69) is 24.0 Å². The lowest BCUT2D eigenvalue weighted by Crippen LogP contribution is -1.93. The normalized spacial score (nSPS) is 11.2. The van der Waals surface area contributed by atoms with Crippen molar-refractivity contribution < 1.29 is 4.79 Å². The Bertz CT molecular complexity index is 724. The first-order valence-corrected chi connectivity index (χ1v) is 6.32. The van der Waals surface area contributed by atoms with Crippen LogP contribution in [0.15, 0.2) is 36.4 Å². The van der Waals surface area contributed by atoms with Crippen molar-refractivity contribution in [1.82, 2.24) is 4.98 Å². The number of benzene rings is 2. The number of nitrogens with one attached hydrogen (secondary N) is 1. The van der Waals surface area contributed by atoms with E-state index in [-0.39, 0.29) is 0 Å². The highest BCUT2D eigenvalue weighted by Gasteiger charge is 2.11. The van der Waals surface area contributed by atoms with Crippen molar-refractivity contribution in [3.63, 3.8) is 0 Å². The fourth-order valence-electron chi connectivity index (χ4n) is 2.66. The van der Waals surface area contributed by atoms with Gasteiger partial charge in [0.2, 0.25) is 0 Å². The van der Waals surface area contributed by atoms with Gasteiger partial charge in [-0.15, -0.1) is 0 Å². The van der Waals surface area contributed by atoms with Crippen molar-refractivity contribution >= 4 is 28.1 Å². The molecule has 3 rings (SSSR count). The zero-order valence-electron chi connectivity index (χ0n) is 10.4. The molecule has 2 heteroatoms. The van der Waals surface area contributed by atoms with E-state index in [1.54, 1.807) is 0 Å². The summed E-state index contributed by atoms with van der Waals surface area (Å²) in [4.78, 5) is 14.6. The minimum Gasteiger partial charge on any atom is -0.355 e.